The summed E-state index contributed by atoms with van der Waals surface area (Å²) < 4.78 is 35.9. The zero-order valence-corrected chi connectivity index (χ0v) is 18.1. The van der Waals surface area contributed by atoms with Gasteiger partial charge in [0.15, 0.2) is 0 Å². The van der Waals surface area contributed by atoms with E-state index in [1.807, 2.05) is 20.8 Å². The second-order valence-electron chi connectivity index (χ2n) is 5.94. The van der Waals surface area contributed by atoms with E-state index in [0.29, 0.717) is 19.8 Å². The van der Waals surface area contributed by atoms with Crippen molar-refractivity contribution in [2.45, 2.75) is 57.2 Å². The van der Waals surface area contributed by atoms with Crippen molar-refractivity contribution in [1.29, 1.82) is 0 Å². The van der Waals surface area contributed by atoms with E-state index in [1.54, 1.807) is 21.3 Å². The second-order valence-corrected chi connectivity index (χ2v) is 12.7. The molecule has 0 bridgehead atoms. The van der Waals surface area contributed by atoms with Crippen LogP contribution in [0.3, 0.4) is 0 Å². The van der Waals surface area contributed by atoms with E-state index in [0.717, 1.165) is 25.7 Å². The minimum atomic E-state index is -3.14. The van der Waals surface area contributed by atoms with Gasteiger partial charge in [-0.1, -0.05) is 0 Å². The van der Waals surface area contributed by atoms with Gasteiger partial charge in [0.25, 0.3) is 0 Å². The summed E-state index contributed by atoms with van der Waals surface area (Å²) >= 11 is 0. The van der Waals surface area contributed by atoms with E-state index in [9.17, 15) is 0 Å². The molecule has 0 atom stereocenters. The molecule has 0 saturated heterocycles. The van der Waals surface area contributed by atoms with Crippen LogP contribution in [0.1, 0.15) is 46.5 Å². The van der Waals surface area contributed by atoms with Crippen molar-refractivity contribution in [3.8, 4) is 0 Å². The molecule has 1 saturated carbocycles. The monoisotopic (exact) mass is 381 g/mol. The molecule has 0 aromatic rings. The van der Waals surface area contributed by atoms with Crippen LogP contribution in [0, 0.1) is 0 Å². The zero-order valence-electron chi connectivity index (χ0n) is 16.1. The number of hydrogen-bond acceptors (Lipinski definition) is 7. The Balaban J connectivity index is 3.52. The molecule has 7 nitrogen and oxygen atoms in total. The fourth-order valence-electron chi connectivity index (χ4n) is 3.88. The van der Waals surface area contributed by atoms with E-state index in [4.69, 9.17) is 32.3 Å². The molecule has 0 unspecified atom stereocenters. The fraction of sp³-hybridized carbons (Fsp3) is 1.00. The lowest BCUT2D eigenvalue weighted by molar-refractivity contribution is 0.0165. The Labute approximate surface area is 148 Å². The molecule has 1 rings (SSSR count). The summed E-state index contributed by atoms with van der Waals surface area (Å²) in [6, 6.07) is 0.159. The molecule has 24 heavy (non-hydrogen) atoms. The molecule has 9 heteroatoms. The van der Waals surface area contributed by atoms with E-state index in [2.05, 4.69) is 0 Å². The molecule has 0 aromatic heterocycles. The van der Waals surface area contributed by atoms with Gasteiger partial charge < -0.3 is 32.3 Å². The summed E-state index contributed by atoms with van der Waals surface area (Å²) in [4.78, 5) is 0. The summed E-state index contributed by atoms with van der Waals surface area (Å²) in [6.45, 7) is 7.37. The van der Waals surface area contributed by atoms with Crippen molar-refractivity contribution >= 4 is 17.6 Å². The molecule has 0 spiro atoms. The highest BCUT2D eigenvalue weighted by Gasteiger charge is 2.76. The van der Waals surface area contributed by atoms with E-state index in [1.165, 1.54) is 0 Å². The minimum Gasteiger partial charge on any atom is -0.377 e. The molecule has 1 fully saturated rings. The molecular weight excluding hydrogens is 346 g/mol. The Bertz CT molecular complexity index is 337. The van der Waals surface area contributed by atoms with Crippen LogP contribution in [0.5, 0.6) is 0 Å². The highest BCUT2D eigenvalue weighted by atomic mass is 28.5. The van der Waals surface area contributed by atoms with E-state index >= 15 is 0 Å². The molecule has 1 aliphatic carbocycles. The lowest BCUT2D eigenvalue weighted by atomic mass is 9.95. The molecular formula is C15H35NO6Si2. The van der Waals surface area contributed by atoms with Gasteiger partial charge in [0, 0.05) is 47.2 Å². The summed E-state index contributed by atoms with van der Waals surface area (Å²) in [5.74, 6) is 0. The highest BCUT2D eigenvalue weighted by molar-refractivity contribution is 6.85. The quantitative estimate of drug-likeness (QED) is 0.549. The van der Waals surface area contributed by atoms with Crippen LogP contribution < -0.4 is 5.73 Å². The second kappa shape index (κ2) is 9.74. The Hall–Kier alpha value is 0.154. The predicted molar refractivity (Wildman–Crippen MR) is 96.5 cm³/mol. The average molecular weight is 382 g/mol. The van der Waals surface area contributed by atoms with Gasteiger partial charge in [-0.05, 0) is 46.5 Å². The maximum Gasteiger partial charge on any atom is 0.512 e. The largest absolute Gasteiger partial charge is 0.512 e. The molecule has 2 N–H and O–H groups in total. The first-order valence-electron chi connectivity index (χ1n) is 8.79. The predicted octanol–water partition coefficient (Wildman–Crippen LogP) is 2.09. The van der Waals surface area contributed by atoms with Gasteiger partial charge in [-0.3, -0.25) is 0 Å². The Morgan fingerprint density at radius 2 is 1.17 bits per heavy atom. The first-order chi connectivity index (χ1) is 11.5. The lowest BCUT2D eigenvalue weighted by Crippen LogP contribution is -2.71. The third kappa shape index (κ3) is 3.79. The molecule has 144 valence electrons. The van der Waals surface area contributed by atoms with Crippen molar-refractivity contribution in [3.05, 3.63) is 0 Å². The smallest absolute Gasteiger partial charge is 0.377 e. The fourth-order valence-corrected chi connectivity index (χ4v) is 12.6. The van der Waals surface area contributed by atoms with Crippen LogP contribution >= 0.6 is 0 Å². The van der Waals surface area contributed by atoms with Crippen LogP contribution in [0.4, 0.5) is 0 Å². The van der Waals surface area contributed by atoms with Gasteiger partial charge in [-0.25, -0.2) is 0 Å². The minimum absolute atomic E-state index is 0.159. The van der Waals surface area contributed by atoms with Crippen LogP contribution in [0.25, 0.3) is 0 Å². The van der Waals surface area contributed by atoms with Crippen molar-refractivity contribution in [2.24, 2.45) is 5.73 Å². The van der Waals surface area contributed by atoms with Crippen molar-refractivity contribution < 1.29 is 26.6 Å². The van der Waals surface area contributed by atoms with Gasteiger partial charge in [0.05, 0.1) is 0 Å². The van der Waals surface area contributed by atoms with Crippen LogP contribution in [-0.4, -0.2) is 64.8 Å². The Morgan fingerprint density at radius 1 is 0.792 bits per heavy atom. The molecule has 0 radical (unpaired) electrons. The normalized spacial score (nSPS) is 25.9. The maximum absolute atomic E-state index is 6.25. The first kappa shape index (κ1) is 22.2. The van der Waals surface area contributed by atoms with Gasteiger partial charge in [0.2, 0.25) is 0 Å². The van der Waals surface area contributed by atoms with Crippen molar-refractivity contribution in [2.75, 3.05) is 41.2 Å². The number of nitrogens with two attached hydrogens (primary N) is 1. The van der Waals surface area contributed by atoms with E-state index in [-0.39, 0.29) is 6.04 Å². The molecule has 0 heterocycles. The van der Waals surface area contributed by atoms with Crippen molar-refractivity contribution in [1.82, 2.24) is 0 Å². The Kier molecular flexibility index (Phi) is 9.01. The summed E-state index contributed by atoms with van der Waals surface area (Å²) in [7, 11) is -1.34. The van der Waals surface area contributed by atoms with Gasteiger partial charge in [-0.2, -0.15) is 0 Å². The van der Waals surface area contributed by atoms with Crippen LogP contribution in [0.2, 0.25) is 4.66 Å². The maximum atomic E-state index is 6.25. The summed E-state index contributed by atoms with van der Waals surface area (Å²) in [5.41, 5.74) is 6.17. The molecule has 1 aliphatic rings. The van der Waals surface area contributed by atoms with Gasteiger partial charge in [0.1, 0.15) is 4.66 Å². The summed E-state index contributed by atoms with van der Waals surface area (Å²) in [5, 5.41) is 0. The molecule has 0 amide bonds. The van der Waals surface area contributed by atoms with Gasteiger partial charge >= 0.3 is 17.6 Å². The lowest BCUT2D eigenvalue weighted by Gasteiger charge is -2.52. The first-order valence-corrected chi connectivity index (χ1v) is 12.2. The highest BCUT2D eigenvalue weighted by Crippen LogP contribution is 2.58. The van der Waals surface area contributed by atoms with Crippen molar-refractivity contribution in [3.63, 3.8) is 0 Å². The standard InChI is InChI=1S/C15H35NO6Si2/c1-7-20-24(21-8-2,22-9-3)15(12-10-14(16)11-13-15)23(17-4,18-5)19-6/h14H,7-13,16H2,1-6H3. The van der Waals surface area contributed by atoms with Crippen LogP contribution in [0.15, 0.2) is 0 Å². The number of hydrogen-bond donors (Lipinski definition) is 1. The average Bonchev–Trinajstić information content (AvgIpc) is 2.59. The molecule has 0 aromatic carbocycles. The van der Waals surface area contributed by atoms with E-state index < -0.39 is 22.3 Å². The SMILES string of the molecule is CCO[Si](OCC)(OCC)C1([Si](OC)(OC)OC)CCC(N)CC1. The zero-order chi connectivity index (χ0) is 18.3. The third-order valence-electron chi connectivity index (χ3n) is 4.87. The number of rotatable bonds is 11. The molecule has 0 aliphatic heterocycles. The summed E-state index contributed by atoms with van der Waals surface area (Å²) in [6.07, 6.45) is 3.18. The topological polar surface area (TPSA) is 81.4 Å². The van der Waals surface area contributed by atoms with Crippen LogP contribution in [-0.2, 0) is 26.6 Å². The Morgan fingerprint density at radius 3 is 1.46 bits per heavy atom. The third-order valence-corrected chi connectivity index (χ3v) is 13.7. The van der Waals surface area contributed by atoms with Gasteiger partial charge in [-0.15, -0.1) is 0 Å².